The van der Waals surface area contributed by atoms with Gasteiger partial charge in [0.05, 0.1) is 0 Å². The number of benzene rings is 1. The van der Waals surface area contributed by atoms with E-state index in [-0.39, 0.29) is 23.9 Å². The molecule has 0 spiro atoms. The van der Waals surface area contributed by atoms with Crippen molar-refractivity contribution in [2.24, 2.45) is 0 Å². The fraction of sp³-hybridized carbons (Fsp3) is 0.364. The van der Waals surface area contributed by atoms with Crippen LogP contribution in [0.2, 0.25) is 0 Å². The average Bonchev–Trinajstić information content (AvgIpc) is 2.27. The van der Waals surface area contributed by atoms with Gasteiger partial charge in [0.15, 0.2) is 0 Å². The number of amides is 1. The largest absolute Gasteiger partial charge is 0.338 e. The van der Waals surface area contributed by atoms with E-state index in [1.165, 1.54) is 11.0 Å². The predicted molar refractivity (Wildman–Crippen MR) is 58.2 cm³/mol. The second-order valence-electron chi connectivity index (χ2n) is 3.28. The molecule has 0 heterocycles. The second-order valence-corrected chi connectivity index (χ2v) is 3.54. The number of rotatable bonds is 4. The van der Waals surface area contributed by atoms with Crippen LogP contribution in [0.15, 0.2) is 18.2 Å². The van der Waals surface area contributed by atoms with Crippen LogP contribution in [-0.2, 0) is 11.3 Å². The zero-order valence-electron chi connectivity index (χ0n) is 8.84. The number of halogens is 3. The first-order valence-corrected chi connectivity index (χ1v) is 5.39. The fourth-order valence-corrected chi connectivity index (χ4v) is 1.49. The van der Waals surface area contributed by atoms with E-state index in [9.17, 15) is 13.6 Å². The SMILES string of the molecule is CCN(Cc1ccc(F)cc1F)C(=O)CCl. The Morgan fingerprint density at radius 3 is 2.62 bits per heavy atom. The highest BCUT2D eigenvalue weighted by Gasteiger charge is 2.13. The van der Waals surface area contributed by atoms with Crippen LogP contribution in [0.25, 0.3) is 0 Å². The van der Waals surface area contributed by atoms with Gasteiger partial charge in [-0.2, -0.15) is 0 Å². The van der Waals surface area contributed by atoms with Crippen molar-refractivity contribution >= 4 is 17.5 Å². The monoisotopic (exact) mass is 247 g/mol. The van der Waals surface area contributed by atoms with Crippen molar-refractivity contribution < 1.29 is 13.6 Å². The number of alkyl halides is 1. The number of nitrogens with zero attached hydrogens (tertiary/aromatic N) is 1. The minimum atomic E-state index is -0.652. The van der Waals surface area contributed by atoms with E-state index in [2.05, 4.69) is 0 Å². The summed E-state index contributed by atoms with van der Waals surface area (Å²) in [7, 11) is 0. The Labute approximate surface area is 97.8 Å². The summed E-state index contributed by atoms with van der Waals surface area (Å²) in [5.41, 5.74) is 0.279. The van der Waals surface area contributed by atoms with Gasteiger partial charge < -0.3 is 4.90 Å². The van der Waals surface area contributed by atoms with Crippen LogP contribution in [0.3, 0.4) is 0 Å². The maximum absolute atomic E-state index is 13.3. The summed E-state index contributed by atoms with van der Waals surface area (Å²) in [6.07, 6.45) is 0. The second kappa shape index (κ2) is 5.80. The molecule has 0 aliphatic rings. The molecule has 16 heavy (non-hydrogen) atoms. The van der Waals surface area contributed by atoms with Crippen molar-refractivity contribution in [2.75, 3.05) is 12.4 Å². The van der Waals surface area contributed by atoms with E-state index in [1.807, 2.05) is 0 Å². The van der Waals surface area contributed by atoms with Crippen molar-refractivity contribution in [1.82, 2.24) is 4.90 Å². The van der Waals surface area contributed by atoms with Gasteiger partial charge >= 0.3 is 0 Å². The topological polar surface area (TPSA) is 20.3 Å². The van der Waals surface area contributed by atoms with Gasteiger partial charge in [0.1, 0.15) is 17.5 Å². The van der Waals surface area contributed by atoms with Crippen LogP contribution in [0.1, 0.15) is 12.5 Å². The molecule has 0 aromatic heterocycles. The molecule has 0 fully saturated rings. The predicted octanol–water partition coefficient (Wildman–Crippen LogP) is 2.55. The van der Waals surface area contributed by atoms with Gasteiger partial charge in [0, 0.05) is 24.7 Å². The van der Waals surface area contributed by atoms with Crippen LogP contribution >= 0.6 is 11.6 Å². The van der Waals surface area contributed by atoms with E-state index in [0.717, 1.165) is 12.1 Å². The summed E-state index contributed by atoms with van der Waals surface area (Å²) >= 11 is 5.41. The minimum Gasteiger partial charge on any atom is -0.338 e. The Balaban J connectivity index is 2.82. The highest BCUT2D eigenvalue weighted by atomic mass is 35.5. The molecule has 1 amide bonds. The van der Waals surface area contributed by atoms with Crippen molar-refractivity contribution in [3.05, 3.63) is 35.4 Å². The zero-order chi connectivity index (χ0) is 12.1. The number of hydrogen-bond donors (Lipinski definition) is 0. The van der Waals surface area contributed by atoms with Crippen LogP contribution in [-0.4, -0.2) is 23.2 Å². The quantitative estimate of drug-likeness (QED) is 0.749. The van der Waals surface area contributed by atoms with Gasteiger partial charge in [-0.05, 0) is 13.0 Å². The van der Waals surface area contributed by atoms with Gasteiger partial charge in [-0.1, -0.05) is 6.07 Å². The molecule has 0 aliphatic carbocycles. The molecule has 5 heteroatoms. The minimum absolute atomic E-state index is 0.105. The van der Waals surface area contributed by atoms with Crippen LogP contribution < -0.4 is 0 Å². The molecule has 0 unspecified atom stereocenters. The van der Waals surface area contributed by atoms with E-state index in [4.69, 9.17) is 11.6 Å². The lowest BCUT2D eigenvalue weighted by atomic mass is 10.2. The first kappa shape index (κ1) is 12.9. The van der Waals surface area contributed by atoms with Crippen molar-refractivity contribution in [1.29, 1.82) is 0 Å². The van der Waals surface area contributed by atoms with E-state index in [0.29, 0.717) is 6.54 Å². The number of hydrogen-bond acceptors (Lipinski definition) is 1. The standard InChI is InChI=1S/C11H12ClF2NO/c1-2-15(11(16)6-12)7-8-3-4-9(13)5-10(8)14/h3-5H,2,6-7H2,1H3. The maximum Gasteiger partial charge on any atom is 0.237 e. The van der Waals surface area contributed by atoms with Crippen molar-refractivity contribution in [3.63, 3.8) is 0 Å². The summed E-state index contributed by atoms with van der Waals surface area (Å²) in [6.45, 7) is 2.31. The molecule has 0 saturated carbocycles. The summed E-state index contributed by atoms with van der Waals surface area (Å²) in [6, 6.07) is 3.29. The first-order chi connectivity index (χ1) is 7.58. The summed E-state index contributed by atoms with van der Waals surface area (Å²) < 4.78 is 26.0. The first-order valence-electron chi connectivity index (χ1n) is 4.86. The van der Waals surface area contributed by atoms with Gasteiger partial charge in [0.25, 0.3) is 0 Å². The van der Waals surface area contributed by atoms with E-state index < -0.39 is 11.6 Å². The molecule has 88 valence electrons. The van der Waals surface area contributed by atoms with Gasteiger partial charge in [-0.3, -0.25) is 4.79 Å². The molecular formula is C11H12ClF2NO. The van der Waals surface area contributed by atoms with Crippen LogP contribution in [0.5, 0.6) is 0 Å². The van der Waals surface area contributed by atoms with Gasteiger partial charge in [-0.15, -0.1) is 11.6 Å². The Morgan fingerprint density at radius 1 is 1.44 bits per heavy atom. The Morgan fingerprint density at radius 2 is 2.12 bits per heavy atom. The van der Waals surface area contributed by atoms with E-state index >= 15 is 0 Å². The number of carbonyl (C=O) groups is 1. The summed E-state index contributed by atoms with van der Waals surface area (Å²) in [5.74, 6) is -1.70. The summed E-state index contributed by atoms with van der Waals surface area (Å²) in [5, 5.41) is 0. The molecule has 2 nitrogen and oxygen atoms in total. The molecule has 1 aromatic rings. The third-order valence-corrected chi connectivity index (χ3v) is 2.45. The molecule has 0 aliphatic heterocycles. The lowest BCUT2D eigenvalue weighted by Gasteiger charge is -2.20. The molecule has 0 saturated heterocycles. The van der Waals surface area contributed by atoms with Crippen molar-refractivity contribution in [3.8, 4) is 0 Å². The maximum atomic E-state index is 13.3. The molecule has 1 aromatic carbocycles. The molecule has 0 bridgehead atoms. The van der Waals surface area contributed by atoms with Crippen molar-refractivity contribution in [2.45, 2.75) is 13.5 Å². The van der Waals surface area contributed by atoms with Gasteiger partial charge in [0.2, 0.25) is 5.91 Å². The lowest BCUT2D eigenvalue weighted by Crippen LogP contribution is -2.31. The highest BCUT2D eigenvalue weighted by molar-refractivity contribution is 6.27. The number of carbonyl (C=O) groups excluding carboxylic acids is 1. The highest BCUT2D eigenvalue weighted by Crippen LogP contribution is 2.12. The Kier molecular flexibility index (Phi) is 4.68. The summed E-state index contributed by atoms with van der Waals surface area (Å²) in [4.78, 5) is 12.7. The third-order valence-electron chi connectivity index (χ3n) is 2.23. The molecule has 1 rings (SSSR count). The molecular weight excluding hydrogens is 236 g/mol. The zero-order valence-corrected chi connectivity index (χ0v) is 9.60. The normalized spacial score (nSPS) is 10.2. The van der Waals surface area contributed by atoms with Crippen LogP contribution in [0.4, 0.5) is 8.78 Å². The third kappa shape index (κ3) is 3.17. The fourth-order valence-electron chi connectivity index (χ4n) is 1.32. The molecule has 0 N–H and O–H groups in total. The van der Waals surface area contributed by atoms with Crippen LogP contribution in [0, 0.1) is 11.6 Å². The molecule has 0 radical (unpaired) electrons. The smallest absolute Gasteiger partial charge is 0.237 e. The Hall–Kier alpha value is -1.16. The average molecular weight is 248 g/mol. The molecule has 0 atom stereocenters. The van der Waals surface area contributed by atoms with E-state index in [1.54, 1.807) is 6.92 Å². The Bertz CT molecular complexity index is 384. The van der Waals surface area contributed by atoms with Gasteiger partial charge in [-0.25, -0.2) is 8.78 Å². The lowest BCUT2D eigenvalue weighted by molar-refractivity contribution is -0.128.